The van der Waals surface area contributed by atoms with Gasteiger partial charge in [-0.25, -0.2) is 0 Å². The minimum absolute atomic E-state index is 0.142. The number of rotatable bonds is 8. The number of ether oxygens (including phenoxy) is 1. The molecule has 2 amide bonds. The van der Waals surface area contributed by atoms with Crippen LogP contribution in [0.2, 0.25) is 5.02 Å². The summed E-state index contributed by atoms with van der Waals surface area (Å²) >= 11 is 7.35. The average molecular weight is 474 g/mol. The molecule has 1 aromatic heterocycles. The molecule has 0 saturated carbocycles. The fraction of sp³-hybridized carbons (Fsp3) is 0.273. The summed E-state index contributed by atoms with van der Waals surface area (Å²) in [4.78, 5) is 24.9. The third kappa shape index (κ3) is 5.60. The molecule has 10 heteroatoms. The van der Waals surface area contributed by atoms with Crippen LogP contribution in [-0.4, -0.2) is 39.4 Å². The maximum Gasteiger partial charge on any atom is 0.253 e. The number of benzene rings is 2. The molecule has 2 aromatic carbocycles. The van der Waals surface area contributed by atoms with Crippen molar-refractivity contribution >= 4 is 40.9 Å². The zero-order valence-corrected chi connectivity index (χ0v) is 19.8. The van der Waals surface area contributed by atoms with Gasteiger partial charge < -0.3 is 19.9 Å². The lowest BCUT2D eigenvalue weighted by atomic mass is 10.2. The number of hydrogen-bond acceptors (Lipinski definition) is 6. The molecule has 168 valence electrons. The number of amides is 2. The number of aryl methyl sites for hydroxylation is 1. The second kappa shape index (κ2) is 10.5. The first kappa shape index (κ1) is 23.6. The minimum atomic E-state index is -0.406. The predicted molar refractivity (Wildman–Crippen MR) is 125 cm³/mol. The van der Waals surface area contributed by atoms with Crippen LogP contribution in [0.1, 0.15) is 34.7 Å². The van der Waals surface area contributed by atoms with Gasteiger partial charge in [0.1, 0.15) is 5.75 Å². The average Bonchev–Trinajstić information content (AvgIpc) is 3.13. The first-order valence-corrected chi connectivity index (χ1v) is 11.2. The third-order valence-electron chi connectivity index (χ3n) is 4.68. The van der Waals surface area contributed by atoms with Crippen molar-refractivity contribution in [1.29, 1.82) is 0 Å². The first-order chi connectivity index (χ1) is 15.3. The van der Waals surface area contributed by atoms with Crippen molar-refractivity contribution in [3.05, 3.63) is 64.4 Å². The monoisotopic (exact) mass is 473 g/mol. The van der Waals surface area contributed by atoms with Crippen molar-refractivity contribution < 1.29 is 14.3 Å². The van der Waals surface area contributed by atoms with Gasteiger partial charge in [-0.2, -0.15) is 0 Å². The molecule has 1 heterocycles. The van der Waals surface area contributed by atoms with E-state index in [9.17, 15) is 9.59 Å². The number of nitrogens with zero attached hydrogens (tertiary/aromatic N) is 3. The number of carbonyl (C=O) groups is 2. The van der Waals surface area contributed by atoms with Gasteiger partial charge in [-0.3, -0.25) is 9.59 Å². The van der Waals surface area contributed by atoms with Gasteiger partial charge in [-0.15, -0.1) is 10.2 Å². The molecule has 3 rings (SSSR count). The summed E-state index contributed by atoms with van der Waals surface area (Å²) in [5.41, 5.74) is 2.02. The molecule has 0 fully saturated rings. The maximum absolute atomic E-state index is 12.5. The Kier molecular flexibility index (Phi) is 7.76. The summed E-state index contributed by atoms with van der Waals surface area (Å²) in [6.45, 7) is 3.75. The molecule has 0 aliphatic rings. The molecular weight excluding hydrogens is 450 g/mol. The minimum Gasteiger partial charge on any atom is -0.495 e. The highest BCUT2D eigenvalue weighted by Gasteiger charge is 2.20. The summed E-state index contributed by atoms with van der Waals surface area (Å²) in [6, 6.07) is 12.0. The Morgan fingerprint density at radius 1 is 1.22 bits per heavy atom. The van der Waals surface area contributed by atoms with Crippen LogP contribution in [0, 0.1) is 6.92 Å². The van der Waals surface area contributed by atoms with Gasteiger partial charge in [0, 0.05) is 7.05 Å². The number of halogens is 1. The molecular formula is C22H24ClN5O3S. The highest BCUT2D eigenvalue weighted by Crippen LogP contribution is 2.26. The van der Waals surface area contributed by atoms with Crippen molar-refractivity contribution in [3.8, 4) is 5.75 Å². The second-order valence-corrected chi connectivity index (χ2v) is 8.47. The molecule has 0 unspecified atom stereocenters. The van der Waals surface area contributed by atoms with Crippen molar-refractivity contribution in [2.75, 3.05) is 18.2 Å². The SMILES string of the molecule is COc1ccc(C)cc1NC(=O)CSc1nnc([C@@H](C)NC(=O)c2ccccc2Cl)n1C. The second-order valence-electron chi connectivity index (χ2n) is 7.12. The van der Waals surface area contributed by atoms with E-state index in [-0.39, 0.29) is 17.6 Å². The number of thioether (sulfide) groups is 1. The Morgan fingerprint density at radius 3 is 2.69 bits per heavy atom. The number of aromatic nitrogens is 3. The van der Waals surface area contributed by atoms with Crippen LogP contribution in [0.4, 0.5) is 5.69 Å². The summed E-state index contributed by atoms with van der Waals surface area (Å²) in [5, 5.41) is 15.0. The molecule has 0 saturated heterocycles. The van der Waals surface area contributed by atoms with Gasteiger partial charge in [0.25, 0.3) is 5.91 Å². The zero-order chi connectivity index (χ0) is 23.3. The van der Waals surface area contributed by atoms with Crippen molar-refractivity contribution in [3.63, 3.8) is 0 Å². The highest BCUT2D eigenvalue weighted by atomic mass is 35.5. The van der Waals surface area contributed by atoms with Gasteiger partial charge in [0.05, 0.1) is 35.2 Å². The lowest BCUT2D eigenvalue weighted by Gasteiger charge is -2.14. The molecule has 0 aliphatic heterocycles. The van der Waals surface area contributed by atoms with E-state index < -0.39 is 6.04 Å². The Bertz CT molecular complexity index is 1130. The fourth-order valence-electron chi connectivity index (χ4n) is 3.05. The summed E-state index contributed by atoms with van der Waals surface area (Å²) in [6.07, 6.45) is 0. The van der Waals surface area contributed by atoms with Crippen LogP contribution < -0.4 is 15.4 Å². The Balaban J connectivity index is 1.61. The fourth-order valence-corrected chi connectivity index (χ4v) is 3.99. The molecule has 32 heavy (non-hydrogen) atoms. The lowest BCUT2D eigenvalue weighted by Crippen LogP contribution is -2.28. The van der Waals surface area contributed by atoms with Crippen molar-refractivity contribution in [2.24, 2.45) is 7.05 Å². The summed E-state index contributed by atoms with van der Waals surface area (Å²) in [7, 11) is 3.35. The van der Waals surface area contributed by atoms with Crippen LogP contribution in [0.25, 0.3) is 0 Å². The van der Waals surface area contributed by atoms with E-state index in [0.717, 1.165) is 5.56 Å². The molecule has 2 N–H and O–H groups in total. The quantitative estimate of drug-likeness (QED) is 0.480. The van der Waals surface area contributed by atoms with Gasteiger partial charge in [-0.05, 0) is 43.7 Å². The molecule has 0 bridgehead atoms. The molecule has 0 radical (unpaired) electrons. The van der Waals surface area contributed by atoms with Gasteiger partial charge in [0.2, 0.25) is 5.91 Å². The summed E-state index contributed by atoms with van der Waals surface area (Å²) < 4.78 is 7.05. The maximum atomic E-state index is 12.5. The molecule has 0 aliphatic carbocycles. The van der Waals surface area contributed by atoms with Crippen LogP contribution in [0.15, 0.2) is 47.6 Å². The molecule has 0 spiro atoms. The Hall–Kier alpha value is -3.04. The van der Waals surface area contributed by atoms with Crippen LogP contribution in [0.5, 0.6) is 5.75 Å². The highest BCUT2D eigenvalue weighted by molar-refractivity contribution is 7.99. The number of nitrogens with one attached hydrogen (secondary N) is 2. The Morgan fingerprint density at radius 2 is 1.97 bits per heavy atom. The van der Waals surface area contributed by atoms with Crippen molar-refractivity contribution in [1.82, 2.24) is 20.1 Å². The van der Waals surface area contributed by atoms with E-state index >= 15 is 0 Å². The molecule has 3 aromatic rings. The molecule has 1 atom stereocenters. The van der Waals surface area contributed by atoms with Crippen LogP contribution in [0.3, 0.4) is 0 Å². The van der Waals surface area contributed by atoms with Crippen LogP contribution in [-0.2, 0) is 11.8 Å². The standard InChI is InChI=1S/C22H24ClN5O3S/c1-13-9-10-18(31-4)17(11-13)25-19(29)12-32-22-27-26-20(28(22)3)14(2)24-21(30)15-7-5-6-8-16(15)23/h5-11,14H,12H2,1-4H3,(H,24,30)(H,25,29)/t14-/m1/s1. The van der Waals surface area contributed by atoms with Gasteiger partial charge in [0.15, 0.2) is 11.0 Å². The van der Waals surface area contributed by atoms with Crippen molar-refractivity contribution in [2.45, 2.75) is 25.0 Å². The first-order valence-electron chi connectivity index (χ1n) is 9.82. The van der Waals surface area contributed by atoms with E-state index in [1.165, 1.54) is 11.8 Å². The normalized spacial score (nSPS) is 11.7. The molecule has 8 nitrogen and oxygen atoms in total. The van der Waals surface area contributed by atoms with Gasteiger partial charge in [-0.1, -0.05) is 41.6 Å². The predicted octanol–water partition coefficient (Wildman–Crippen LogP) is 4.01. The van der Waals surface area contributed by atoms with E-state index in [4.69, 9.17) is 16.3 Å². The number of carbonyl (C=O) groups excluding carboxylic acids is 2. The van der Waals surface area contributed by atoms with E-state index in [2.05, 4.69) is 20.8 Å². The summed E-state index contributed by atoms with van der Waals surface area (Å²) in [5.74, 6) is 0.811. The van der Waals surface area contributed by atoms with Gasteiger partial charge >= 0.3 is 0 Å². The van der Waals surface area contributed by atoms with E-state index in [1.807, 2.05) is 32.0 Å². The zero-order valence-electron chi connectivity index (χ0n) is 18.2. The Labute approximate surface area is 195 Å². The van der Waals surface area contributed by atoms with Crippen LogP contribution >= 0.6 is 23.4 Å². The smallest absolute Gasteiger partial charge is 0.253 e. The number of hydrogen-bond donors (Lipinski definition) is 2. The third-order valence-corrected chi connectivity index (χ3v) is 6.03. The van der Waals surface area contributed by atoms with E-state index in [0.29, 0.717) is 33.0 Å². The number of anilines is 1. The lowest BCUT2D eigenvalue weighted by molar-refractivity contribution is -0.113. The number of methoxy groups -OCH3 is 1. The van der Waals surface area contributed by atoms with E-state index in [1.54, 1.807) is 43.0 Å². The largest absolute Gasteiger partial charge is 0.495 e. The topological polar surface area (TPSA) is 98.1 Å².